The summed E-state index contributed by atoms with van der Waals surface area (Å²) in [4.78, 5) is 0. The summed E-state index contributed by atoms with van der Waals surface area (Å²) in [7, 11) is 0. The fourth-order valence-corrected chi connectivity index (χ4v) is 2.81. The first kappa shape index (κ1) is 11.5. The SMILES string of the molecule is Cc1ccn(C2CCCc3ccccc3C2O)n1. The van der Waals surface area contributed by atoms with Crippen LogP contribution in [0.1, 0.15) is 41.8 Å². The van der Waals surface area contributed by atoms with Gasteiger partial charge in [0.1, 0.15) is 6.10 Å². The van der Waals surface area contributed by atoms with Gasteiger partial charge in [-0.05, 0) is 43.4 Å². The van der Waals surface area contributed by atoms with E-state index in [0.29, 0.717) is 0 Å². The van der Waals surface area contributed by atoms with Crippen molar-refractivity contribution in [2.45, 2.75) is 38.3 Å². The zero-order chi connectivity index (χ0) is 12.5. The predicted molar refractivity (Wildman–Crippen MR) is 70.3 cm³/mol. The average Bonchev–Trinajstić information content (AvgIpc) is 2.73. The number of aliphatic hydroxyl groups excluding tert-OH is 1. The molecule has 18 heavy (non-hydrogen) atoms. The molecule has 0 radical (unpaired) electrons. The molecule has 0 saturated heterocycles. The number of aromatic nitrogens is 2. The van der Waals surface area contributed by atoms with Crippen LogP contribution in [0.3, 0.4) is 0 Å². The molecular weight excluding hydrogens is 224 g/mol. The molecule has 3 nitrogen and oxygen atoms in total. The molecule has 2 unspecified atom stereocenters. The molecule has 0 bridgehead atoms. The van der Waals surface area contributed by atoms with Crippen molar-refractivity contribution < 1.29 is 5.11 Å². The highest BCUT2D eigenvalue weighted by Gasteiger charge is 2.27. The molecular formula is C15H18N2O. The number of fused-ring (bicyclic) bond motifs is 1. The summed E-state index contributed by atoms with van der Waals surface area (Å²) in [6, 6.07) is 10.2. The molecule has 2 atom stereocenters. The first-order valence-electron chi connectivity index (χ1n) is 6.53. The van der Waals surface area contributed by atoms with E-state index in [9.17, 15) is 5.11 Å². The van der Waals surface area contributed by atoms with Crippen LogP contribution in [0.5, 0.6) is 0 Å². The number of aryl methyl sites for hydroxylation is 2. The highest BCUT2D eigenvalue weighted by Crippen LogP contribution is 2.35. The predicted octanol–water partition coefficient (Wildman–Crippen LogP) is 2.80. The van der Waals surface area contributed by atoms with E-state index in [1.54, 1.807) is 0 Å². The molecule has 0 saturated carbocycles. The van der Waals surface area contributed by atoms with Crippen LogP contribution in [-0.2, 0) is 6.42 Å². The second kappa shape index (κ2) is 4.58. The van der Waals surface area contributed by atoms with Gasteiger partial charge < -0.3 is 5.11 Å². The Labute approximate surface area is 107 Å². The fourth-order valence-electron chi connectivity index (χ4n) is 2.81. The summed E-state index contributed by atoms with van der Waals surface area (Å²) in [5, 5.41) is 15.1. The smallest absolute Gasteiger partial charge is 0.102 e. The molecule has 0 spiro atoms. The van der Waals surface area contributed by atoms with E-state index >= 15 is 0 Å². The Hall–Kier alpha value is -1.61. The summed E-state index contributed by atoms with van der Waals surface area (Å²) in [6.07, 6.45) is 4.62. The Morgan fingerprint density at radius 2 is 2.11 bits per heavy atom. The number of rotatable bonds is 1. The van der Waals surface area contributed by atoms with E-state index in [1.807, 2.05) is 42.1 Å². The molecule has 1 aromatic heterocycles. The average molecular weight is 242 g/mol. The Morgan fingerprint density at radius 1 is 1.28 bits per heavy atom. The Morgan fingerprint density at radius 3 is 2.89 bits per heavy atom. The van der Waals surface area contributed by atoms with Gasteiger partial charge in [0, 0.05) is 6.20 Å². The summed E-state index contributed by atoms with van der Waals surface area (Å²) in [5.74, 6) is 0. The van der Waals surface area contributed by atoms with Gasteiger partial charge in [-0.1, -0.05) is 24.3 Å². The molecule has 1 aliphatic rings. The van der Waals surface area contributed by atoms with Gasteiger partial charge in [-0.25, -0.2) is 0 Å². The van der Waals surface area contributed by atoms with E-state index in [4.69, 9.17) is 0 Å². The maximum absolute atomic E-state index is 10.6. The van der Waals surface area contributed by atoms with Crippen LogP contribution in [0.15, 0.2) is 36.5 Å². The lowest BCUT2D eigenvalue weighted by Crippen LogP contribution is -2.17. The van der Waals surface area contributed by atoms with Crippen LogP contribution in [0, 0.1) is 6.92 Å². The van der Waals surface area contributed by atoms with Gasteiger partial charge in [-0.15, -0.1) is 0 Å². The highest BCUT2D eigenvalue weighted by atomic mass is 16.3. The first-order chi connectivity index (χ1) is 8.75. The van der Waals surface area contributed by atoms with Crippen molar-refractivity contribution in [2.24, 2.45) is 0 Å². The highest BCUT2D eigenvalue weighted by molar-refractivity contribution is 5.31. The minimum Gasteiger partial charge on any atom is -0.386 e. The summed E-state index contributed by atoms with van der Waals surface area (Å²) < 4.78 is 1.92. The maximum atomic E-state index is 10.6. The number of hydrogen-bond acceptors (Lipinski definition) is 2. The second-order valence-electron chi connectivity index (χ2n) is 5.04. The summed E-state index contributed by atoms with van der Waals surface area (Å²) >= 11 is 0. The summed E-state index contributed by atoms with van der Waals surface area (Å²) in [6.45, 7) is 1.98. The quantitative estimate of drug-likeness (QED) is 0.781. The van der Waals surface area contributed by atoms with Gasteiger partial charge >= 0.3 is 0 Å². The van der Waals surface area contributed by atoms with Crippen molar-refractivity contribution in [3.63, 3.8) is 0 Å². The Bertz CT molecular complexity index is 547. The van der Waals surface area contributed by atoms with Crippen LogP contribution >= 0.6 is 0 Å². The number of nitrogens with zero attached hydrogens (tertiary/aromatic N) is 2. The zero-order valence-electron chi connectivity index (χ0n) is 10.6. The zero-order valence-corrected chi connectivity index (χ0v) is 10.6. The standard InChI is InChI=1S/C15H18N2O/c1-11-9-10-17(16-11)14-8-4-6-12-5-2-3-7-13(12)15(14)18/h2-3,5,7,9-10,14-15,18H,4,6,8H2,1H3. The first-order valence-corrected chi connectivity index (χ1v) is 6.53. The lowest BCUT2D eigenvalue weighted by atomic mass is 9.99. The molecule has 1 aliphatic carbocycles. The Kier molecular flexibility index (Phi) is 2.92. The van der Waals surface area contributed by atoms with Gasteiger partial charge in [0.05, 0.1) is 11.7 Å². The largest absolute Gasteiger partial charge is 0.386 e. The van der Waals surface area contributed by atoms with E-state index in [-0.39, 0.29) is 6.04 Å². The monoisotopic (exact) mass is 242 g/mol. The number of benzene rings is 1. The third kappa shape index (κ3) is 1.95. The third-order valence-electron chi connectivity index (χ3n) is 3.77. The van der Waals surface area contributed by atoms with Gasteiger partial charge in [0.15, 0.2) is 0 Å². The topological polar surface area (TPSA) is 38.0 Å². The lowest BCUT2D eigenvalue weighted by Gasteiger charge is -2.22. The fraction of sp³-hybridized carbons (Fsp3) is 0.400. The summed E-state index contributed by atoms with van der Waals surface area (Å²) in [5.41, 5.74) is 3.34. The molecule has 0 amide bonds. The molecule has 1 aromatic carbocycles. The number of aliphatic hydroxyl groups is 1. The normalized spacial score (nSPS) is 23.4. The molecule has 3 heteroatoms. The van der Waals surface area contributed by atoms with Crippen molar-refractivity contribution >= 4 is 0 Å². The molecule has 1 heterocycles. The van der Waals surface area contributed by atoms with Gasteiger partial charge in [-0.3, -0.25) is 4.68 Å². The molecule has 2 aromatic rings. The van der Waals surface area contributed by atoms with E-state index in [1.165, 1.54) is 5.56 Å². The second-order valence-corrected chi connectivity index (χ2v) is 5.04. The van der Waals surface area contributed by atoms with Crippen LogP contribution in [0.25, 0.3) is 0 Å². The minimum absolute atomic E-state index is 0.0577. The Balaban J connectivity index is 1.99. The third-order valence-corrected chi connectivity index (χ3v) is 3.77. The number of hydrogen-bond donors (Lipinski definition) is 1. The maximum Gasteiger partial charge on any atom is 0.102 e. The molecule has 3 rings (SSSR count). The van der Waals surface area contributed by atoms with E-state index in [2.05, 4.69) is 11.2 Å². The van der Waals surface area contributed by atoms with Crippen molar-refractivity contribution in [1.29, 1.82) is 0 Å². The van der Waals surface area contributed by atoms with Crippen molar-refractivity contribution in [2.75, 3.05) is 0 Å². The van der Waals surface area contributed by atoms with Gasteiger partial charge in [-0.2, -0.15) is 5.10 Å². The van der Waals surface area contributed by atoms with Crippen LogP contribution < -0.4 is 0 Å². The van der Waals surface area contributed by atoms with Crippen LogP contribution in [0.4, 0.5) is 0 Å². The lowest BCUT2D eigenvalue weighted by molar-refractivity contribution is 0.103. The minimum atomic E-state index is -0.456. The molecule has 0 fully saturated rings. The van der Waals surface area contributed by atoms with Crippen LogP contribution in [0.2, 0.25) is 0 Å². The van der Waals surface area contributed by atoms with E-state index < -0.39 is 6.10 Å². The molecule has 94 valence electrons. The van der Waals surface area contributed by atoms with Crippen molar-refractivity contribution in [3.05, 3.63) is 53.3 Å². The molecule has 1 N–H and O–H groups in total. The van der Waals surface area contributed by atoms with E-state index in [0.717, 1.165) is 30.5 Å². The van der Waals surface area contributed by atoms with Crippen molar-refractivity contribution in [1.82, 2.24) is 9.78 Å². The van der Waals surface area contributed by atoms with Gasteiger partial charge in [0.25, 0.3) is 0 Å². The van der Waals surface area contributed by atoms with Crippen LogP contribution in [-0.4, -0.2) is 14.9 Å². The van der Waals surface area contributed by atoms with Gasteiger partial charge in [0.2, 0.25) is 0 Å². The van der Waals surface area contributed by atoms with Crippen molar-refractivity contribution in [3.8, 4) is 0 Å². The molecule has 0 aliphatic heterocycles.